The number of halogens is 2. The lowest BCUT2D eigenvalue weighted by Crippen LogP contribution is -2.32. The molecule has 0 fully saturated rings. The molecule has 172 valence electrons. The van der Waals surface area contributed by atoms with Crippen LogP contribution in [0.15, 0.2) is 65.6 Å². The Morgan fingerprint density at radius 1 is 0.882 bits per heavy atom. The van der Waals surface area contributed by atoms with Crippen LogP contribution in [0.4, 0.5) is 0 Å². The number of aromatic nitrogens is 2. The van der Waals surface area contributed by atoms with E-state index in [1.54, 1.807) is 49.4 Å². The van der Waals surface area contributed by atoms with Gasteiger partial charge < -0.3 is 0 Å². The monoisotopic (exact) mass is 513 g/mol. The number of imidazole rings is 1. The van der Waals surface area contributed by atoms with Crippen molar-refractivity contribution < 1.29 is 18.0 Å². The van der Waals surface area contributed by atoms with Crippen molar-refractivity contribution in [3.8, 4) is 0 Å². The molecule has 0 atom stereocenters. The number of amides is 2. The van der Waals surface area contributed by atoms with Gasteiger partial charge in [0.25, 0.3) is 21.8 Å². The first-order valence-corrected chi connectivity index (χ1v) is 12.5. The number of carbonyl (C=O) groups excluding carboxylic acids is 2. The SMILES string of the molecule is Cc1ccccc1S(=O)(=O)n1c(CCN2C(=O)c3ccccc3C2=O)nc2cc(Cl)c(Cl)cc21. The molecule has 1 aliphatic heterocycles. The van der Waals surface area contributed by atoms with Gasteiger partial charge in [0.05, 0.1) is 37.1 Å². The molecule has 0 N–H and O–H groups in total. The summed E-state index contributed by atoms with van der Waals surface area (Å²) in [4.78, 5) is 31.2. The summed E-state index contributed by atoms with van der Waals surface area (Å²) >= 11 is 12.3. The summed E-state index contributed by atoms with van der Waals surface area (Å²) in [5.41, 5.74) is 1.81. The van der Waals surface area contributed by atoms with Gasteiger partial charge in [-0.1, -0.05) is 53.5 Å². The van der Waals surface area contributed by atoms with Gasteiger partial charge in [-0.2, -0.15) is 0 Å². The van der Waals surface area contributed by atoms with Crippen LogP contribution in [0.2, 0.25) is 10.0 Å². The summed E-state index contributed by atoms with van der Waals surface area (Å²) in [6.45, 7) is 1.66. The second kappa shape index (κ2) is 8.23. The van der Waals surface area contributed by atoms with Crippen LogP contribution in [0.5, 0.6) is 0 Å². The van der Waals surface area contributed by atoms with Gasteiger partial charge in [0.2, 0.25) is 0 Å². The highest BCUT2D eigenvalue weighted by atomic mass is 35.5. The summed E-state index contributed by atoms with van der Waals surface area (Å²) in [5, 5.41) is 0.418. The molecule has 0 unspecified atom stereocenters. The third kappa shape index (κ3) is 3.50. The maximum Gasteiger partial charge on any atom is 0.269 e. The van der Waals surface area contributed by atoms with Gasteiger partial charge in [0.15, 0.2) is 0 Å². The molecular formula is C24H17Cl2N3O4S. The Kier molecular flexibility index (Phi) is 5.47. The molecule has 0 aliphatic carbocycles. The van der Waals surface area contributed by atoms with Gasteiger partial charge in [0.1, 0.15) is 5.82 Å². The van der Waals surface area contributed by atoms with Crippen molar-refractivity contribution in [2.75, 3.05) is 6.54 Å². The standard InChI is InChI=1S/C24H17Cl2N3O4S/c1-14-6-2-5-9-21(14)34(32,33)29-20-13-18(26)17(25)12-19(20)27-22(29)10-11-28-23(30)15-7-3-4-8-16(15)24(28)31/h2-9,12-13H,10-11H2,1H3. The Bertz CT molecular complexity index is 1580. The smallest absolute Gasteiger partial charge is 0.269 e. The lowest BCUT2D eigenvalue weighted by molar-refractivity contribution is 0.0655. The van der Waals surface area contributed by atoms with E-state index in [9.17, 15) is 18.0 Å². The van der Waals surface area contributed by atoms with Gasteiger partial charge in [-0.05, 0) is 42.8 Å². The molecule has 0 bridgehead atoms. The van der Waals surface area contributed by atoms with Crippen LogP contribution in [0.3, 0.4) is 0 Å². The van der Waals surface area contributed by atoms with E-state index in [1.807, 2.05) is 0 Å². The summed E-state index contributed by atoms with van der Waals surface area (Å²) in [6.07, 6.45) is 0.0144. The normalized spacial score (nSPS) is 13.7. The predicted octanol–water partition coefficient (Wildman–Crippen LogP) is 4.73. The van der Waals surface area contributed by atoms with Crippen LogP contribution in [-0.4, -0.2) is 40.6 Å². The first kappa shape index (κ1) is 22.6. The van der Waals surface area contributed by atoms with Crippen LogP contribution < -0.4 is 0 Å². The van der Waals surface area contributed by atoms with Gasteiger partial charge in [-0.3, -0.25) is 14.5 Å². The maximum absolute atomic E-state index is 13.7. The third-order valence-electron chi connectivity index (χ3n) is 5.77. The Hall–Kier alpha value is -3.20. The average Bonchev–Trinajstić information content (AvgIpc) is 3.28. The van der Waals surface area contributed by atoms with Gasteiger partial charge >= 0.3 is 0 Å². The zero-order chi connectivity index (χ0) is 24.2. The summed E-state index contributed by atoms with van der Waals surface area (Å²) in [7, 11) is -4.08. The minimum atomic E-state index is -4.08. The molecule has 4 aromatic rings. The molecule has 3 aromatic carbocycles. The lowest BCUT2D eigenvalue weighted by Gasteiger charge is -2.16. The Labute approximate surface area is 205 Å². The number of aryl methyl sites for hydroxylation is 1. The molecule has 2 amide bonds. The maximum atomic E-state index is 13.7. The summed E-state index contributed by atoms with van der Waals surface area (Å²) < 4.78 is 28.6. The van der Waals surface area contributed by atoms with Crippen LogP contribution >= 0.6 is 23.2 Å². The van der Waals surface area contributed by atoms with Crippen LogP contribution in [-0.2, 0) is 16.4 Å². The second-order valence-corrected chi connectivity index (χ2v) is 10.4. The molecule has 0 radical (unpaired) electrons. The van der Waals surface area contributed by atoms with E-state index in [0.29, 0.717) is 22.2 Å². The van der Waals surface area contributed by atoms with E-state index in [2.05, 4.69) is 4.98 Å². The van der Waals surface area contributed by atoms with E-state index in [-0.39, 0.29) is 39.2 Å². The number of fused-ring (bicyclic) bond motifs is 2. The Morgan fingerprint density at radius 3 is 2.12 bits per heavy atom. The molecule has 2 heterocycles. The van der Waals surface area contributed by atoms with Gasteiger partial charge in [-0.15, -0.1) is 0 Å². The molecule has 34 heavy (non-hydrogen) atoms. The third-order valence-corrected chi connectivity index (χ3v) is 8.39. The van der Waals surface area contributed by atoms with Gasteiger partial charge in [-0.25, -0.2) is 17.4 Å². The zero-order valence-corrected chi connectivity index (χ0v) is 20.2. The Morgan fingerprint density at radius 2 is 1.47 bits per heavy atom. The van der Waals surface area contributed by atoms with Crippen LogP contribution in [0.1, 0.15) is 32.1 Å². The van der Waals surface area contributed by atoms with Gasteiger partial charge in [0, 0.05) is 13.0 Å². The molecule has 0 saturated heterocycles. The minimum absolute atomic E-state index is 0.0144. The Balaban J connectivity index is 1.60. The molecule has 5 rings (SSSR count). The zero-order valence-electron chi connectivity index (χ0n) is 17.8. The number of imide groups is 1. The van der Waals surface area contributed by atoms with Crippen molar-refractivity contribution in [2.45, 2.75) is 18.2 Å². The van der Waals surface area contributed by atoms with Crippen molar-refractivity contribution in [1.82, 2.24) is 13.9 Å². The van der Waals surface area contributed by atoms with E-state index in [0.717, 1.165) is 8.87 Å². The number of nitrogens with zero attached hydrogens (tertiary/aromatic N) is 3. The quantitative estimate of drug-likeness (QED) is 0.360. The van der Waals surface area contributed by atoms with E-state index >= 15 is 0 Å². The molecule has 0 saturated carbocycles. The molecule has 1 aliphatic rings. The second-order valence-electron chi connectivity index (χ2n) is 7.88. The fourth-order valence-corrected chi connectivity index (χ4v) is 6.18. The van der Waals surface area contributed by atoms with E-state index in [1.165, 1.54) is 18.2 Å². The van der Waals surface area contributed by atoms with E-state index < -0.39 is 21.8 Å². The summed E-state index contributed by atoms with van der Waals surface area (Å²) in [6, 6.07) is 16.1. The first-order valence-electron chi connectivity index (χ1n) is 10.3. The fourth-order valence-electron chi connectivity index (χ4n) is 4.13. The molecule has 0 spiro atoms. The highest BCUT2D eigenvalue weighted by molar-refractivity contribution is 7.90. The number of hydrogen-bond donors (Lipinski definition) is 0. The molecular weight excluding hydrogens is 497 g/mol. The fraction of sp³-hybridized carbons (Fsp3) is 0.125. The first-order chi connectivity index (χ1) is 16.2. The van der Waals surface area contributed by atoms with Crippen LogP contribution in [0.25, 0.3) is 11.0 Å². The minimum Gasteiger partial charge on any atom is -0.274 e. The van der Waals surface area contributed by atoms with Crippen molar-refractivity contribution in [1.29, 1.82) is 0 Å². The number of rotatable bonds is 5. The largest absolute Gasteiger partial charge is 0.274 e. The summed E-state index contributed by atoms with van der Waals surface area (Å²) in [5.74, 6) is -0.680. The van der Waals surface area contributed by atoms with Crippen molar-refractivity contribution in [3.05, 3.63) is 93.2 Å². The topological polar surface area (TPSA) is 89.3 Å². The molecule has 10 heteroatoms. The van der Waals surface area contributed by atoms with E-state index in [4.69, 9.17) is 23.2 Å². The lowest BCUT2D eigenvalue weighted by atomic mass is 10.1. The highest BCUT2D eigenvalue weighted by Gasteiger charge is 2.35. The van der Waals surface area contributed by atoms with Crippen molar-refractivity contribution in [2.24, 2.45) is 0 Å². The molecule has 1 aromatic heterocycles. The molecule has 7 nitrogen and oxygen atoms in total. The average molecular weight is 514 g/mol. The predicted molar refractivity (Wildman–Crippen MR) is 129 cm³/mol. The number of benzene rings is 3. The number of carbonyl (C=O) groups is 2. The van der Waals surface area contributed by atoms with Crippen molar-refractivity contribution >= 4 is 56.1 Å². The number of hydrogen-bond acceptors (Lipinski definition) is 5. The van der Waals surface area contributed by atoms with Crippen LogP contribution in [0, 0.1) is 6.92 Å². The highest BCUT2D eigenvalue weighted by Crippen LogP contribution is 2.32. The van der Waals surface area contributed by atoms with Crippen molar-refractivity contribution in [3.63, 3.8) is 0 Å².